The van der Waals surface area contributed by atoms with E-state index in [1.54, 1.807) is 18.2 Å². The fourth-order valence-electron chi connectivity index (χ4n) is 7.56. The molecule has 5 unspecified atom stereocenters. The number of hydrogen-bond donors (Lipinski definition) is 3. The van der Waals surface area contributed by atoms with E-state index < -0.39 is 5.78 Å². The van der Waals surface area contributed by atoms with E-state index in [9.17, 15) is 24.9 Å². The highest BCUT2D eigenvalue weighted by molar-refractivity contribution is 6.12. The number of phenolic OH excluding ortho intramolecular Hbond substituents is 3. The van der Waals surface area contributed by atoms with Crippen molar-refractivity contribution in [3.8, 4) is 23.0 Å². The SMILES string of the molecule is CC(=O)OC1CCC2C3CCc4cc(O)ccc4C3CCC12C.COc1ccc(C(=O)c2ccccc2O)c(O)c1. The first-order valence-corrected chi connectivity index (χ1v) is 14.3. The molecule has 7 heteroatoms. The summed E-state index contributed by atoms with van der Waals surface area (Å²) in [5, 5.41) is 29.1. The number of fused-ring (bicyclic) bond motifs is 5. The minimum absolute atomic E-state index is 0.104. The monoisotopic (exact) mass is 558 g/mol. The van der Waals surface area contributed by atoms with Gasteiger partial charge in [-0.25, -0.2) is 0 Å². The average Bonchev–Trinajstić information content (AvgIpc) is 3.28. The standard InChI is InChI=1S/C20H26O3.C14H12O4/c1-12(21)23-19-8-7-18-17-5-3-13-11-14(22)4-6-15(13)16(17)9-10-20(18,19)2;1-18-9-6-7-11(13(16)8-9)14(17)10-4-2-3-5-12(10)15/h4,6,11,16-19,22H,3,5,7-10H2,1-2H3;2-8,15-16H,1H3. The van der Waals surface area contributed by atoms with E-state index in [0.29, 0.717) is 29.3 Å². The predicted octanol–water partition coefficient (Wildman–Crippen LogP) is 6.52. The molecule has 216 valence electrons. The summed E-state index contributed by atoms with van der Waals surface area (Å²) in [4.78, 5) is 23.6. The minimum atomic E-state index is -0.437. The van der Waals surface area contributed by atoms with E-state index in [2.05, 4.69) is 13.0 Å². The van der Waals surface area contributed by atoms with Gasteiger partial charge in [-0.05, 0) is 104 Å². The molecule has 5 atom stereocenters. The van der Waals surface area contributed by atoms with Crippen LogP contribution in [0.25, 0.3) is 0 Å². The molecule has 3 aliphatic carbocycles. The lowest BCUT2D eigenvalue weighted by Gasteiger charge is -2.50. The molecule has 3 aliphatic rings. The van der Waals surface area contributed by atoms with Crippen LogP contribution in [-0.4, -0.2) is 40.3 Å². The normalized spacial score (nSPS) is 25.9. The van der Waals surface area contributed by atoms with Crippen molar-refractivity contribution in [2.24, 2.45) is 17.3 Å². The number of carbonyl (C=O) groups is 2. The molecule has 0 spiro atoms. The highest BCUT2D eigenvalue weighted by atomic mass is 16.5. The smallest absolute Gasteiger partial charge is 0.302 e. The zero-order chi connectivity index (χ0) is 29.3. The number of para-hydroxylation sites is 1. The number of hydrogen-bond acceptors (Lipinski definition) is 7. The molecule has 3 N–H and O–H groups in total. The Labute approximate surface area is 240 Å². The maximum Gasteiger partial charge on any atom is 0.302 e. The van der Waals surface area contributed by atoms with Gasteiger partial charge in [0.1, 0.15) is 29.1 Å². The van der Waals surface area contributed by atoms with Gasteiger partial charge in [0.25, 0.3) is 0 Å². The van der Waals surface area contributed by atoms with Gasteiger partial charge in [-0.15, -0.1) is 0 Å². The van der Waals surface area contributed by atoms with Gasteiger partial charge in [0.05, 0.1) is 18.2 Å². The summed E-state index contributed by atoms with van der Waals surface area (Å²) in [7, 11) is 1.47. The van der Waals surface area contributed by atoms with Gasteiger partial charge in [0, 0.05) is 18.4 Å². The molecule has 6 rings (SSSR count). The first kappa shape index (κ1) is 28.5. The average molecular weight is 559 g/mol. The summed E-state index contributed by atoms with van der Waals surface area (Å²) in [5.41, 5.74) is 3.22. The number of esters is 1. The highest BCUT2D eigenvalue weighted by Crippen LogP contribution is 2.61. The molecule has 41 heavy (non-hydrogen) atoms. The molecule has 0 saturated heterocycles. The molecule has 7 nitrogen and oxygen atoms in total. The summed E-state index contributed by atoms with van der Waals surface area (Å²) in [5.74, 6) is 1.96. The first-order valence-electron chi connectivity index (χ1n) is 14.3. The minimum Gasteiger partial charge on any atom is -0.508 e. The van der Waals surface area contributed by atoms with Gasteiger partial charge >= 0.3 is 5.97 Å². The zero-order valence-corrected chi connectivity index (χ0v) is 23.8. The third kappa shape index (κ3) is 5.50. The fraction of sp³-hybridized carbons (Fsp3) is 0.412. The largest absolute Gasteiger partial charge is 0.508 e. The molecule has 0 aliphatic heterocycles. The van der Waals surface area contributed by atoms with Crippen molar-refractivity contribution in [1.29, 1.82) is 0 Å². The van der Waals surface area contributed by atoms with Gasteiger partial charge < -0.3 is 24.8 Å². The van der Waals surface area contributed by atoms with Crippen LogP contribution in [0.5, 0.6) is 23.0 Å². The maximum absolute atomic E-state index is 12.1. The van der Waals surface area contributed by atoms with Crippen LogP contribution in [0.3, 0.4) is 0 Å². The van der Waals surface area contributed by atoms with Crippen LogP contribution in [0.4, 0.5) is 0 Å². The van der Waals surface area contributed by atoms with E-state index in [0.717, 1.165) is 19.3 Å². The van der Waals surface area contributed by atoms with Crippen molar-refractivity contribution < 1.29 is 34.4 Å². The Morgan fingerprint density at radius 3 is 2.34 bits per heavy atom. The number of aryl methyl sites for hydroxylation is 1. The lowest BCUT2D eigenvalue weighted by Crippen LogP contribution is -2.45. The second kappa shape index (κ2) is 11.5. The third-order valence-corrected chi connectivity index (χ3v) is 9.53. The summed E-state index contributed by atoms with van der Waals surface area (Å²) >= 11 is 0. The van der Waals surface area contributed by atoms with Gasteiger partial charge in [-0.2, -0.15) is 0 Å². The van der Waals surface area contributed by atoms with Gasteiger partial charge in [-0.3, -0.25) is 9.59 Å². The second-order valence-corrected chi connectivity index (χ2v) is 11.7. The summed E-state index contributed by atoms with van der Waals surface area (Å²) < 4.78 is 10.6. The Kier molecular flexibility index (Phi) is 7.98. The van der Waals surface area contributed by atoms with Crippen LogP contribution in [0.1, 0.15) is 78.9 Å². The Balaban J connectivity index is 0.000000170. The maximum atomic E-state index is 12.1. The van der Waals surface area contributed by atoms with E-state index in [1.165, 1.54) is 68.7 Å². The molecule has 0 bridgehead atoms. The van der Waals surface area contributed by atoms with Crippen molar-refractivity contribution in [1.82, 2.24) is 0 Å². The number of carbonyl (C=O) groups excluding carboxylic acids is 2. The second-order valence-electron chi connectivity index (χ2n) is 11.7. The van der Waals surface area contributed by atoms with E-state index in [1.807, 2.05) is 12.1 Å². The number of rotatable bonds is 4. The molecule has 2 fully saturated rings. The van der Waals surface area contributed by atoms with Crippen molar-refractivity contribution >= 4 is 11.8 Å². The van der Waals surface area contributed by atoms with Crippen molar-refractivity contribution in [3.63, 3.8) is 0 Å². The Bertz CT molecular complexity index is 1450. The van der Waals surface area contributed by atoms with Crippen LogP contribution >= 0.6 is 0 Å². The zero-order valence-electron chi connectivity index (χ0n) is 23.8. The summed E-state index contributed by atoms with van der Waals surface area (Å²) in [6.07, 6.45) is 6.89. The van der Waals surface area contributed by atoms with Gasteiger partial charge in [0.15, 0.2) is 5.78 Å². The number of ketones is 1. The van der Waals surface area contributed by atoms with E-state index in [-0.39, 0.29) is 40.1 Å². The Hall–Kier alpha value is -4.00. The number of ether oxygens (including phenoxy) is 2. The van der Waals surface area contributed by atoms with Crippen LogP contribution in [0.2, 0.25) is 0 Å². The van der Waals surface area contributed by atoms with Gasteiger partial charge in [0.2, 0.25) is 0 Å². The molecule has 0 heterocycles. The van der Waals surface area contributed by atoms with Crippen LogP contribution < -0.4 is 4.74 Å². The summed E-state index contributed by atoms with van der Waals surface area (Å²) in [6.45, 7) is 3.88. The Morgan fingerprint density at radius 2 is 1.63 bits per heavy atom. The number of methoxy groups -OCH3 is 1. The molecule has 0 radical (unpaired) electrons. The van der Waals surface area contributed by atoms with Crippen molar-refractivity contribution in [2.75, 3.05) is 7.11 Å². The highest BCUT2D eigenvalue weighted by Gasteiger charge is 2.56. The molecule has 3 aromatic carbocycles. The molecular weight excluding hydrogens is 520 g/mol. The van der Waals surface area contributed by atoms with E-state index >= 15 is 0 Å². The van der Waals surface area contributed by atoms with Crippen molar-refractivity contribution in [2.45, 2.75) is 64.4 Å². The first-order chi connectivity index (χ1) is 19.6. The Morgan fingerprint density at radius 1 is 0.878 bits per heavy atom. The topological polar surface area (TPSA) is 113 Å². The molecule has 0 aromatic heterocycles. The van der Waals surface area contributed by atoms with Gasteiger partial charge in [-0.1, -0.05) is 25.1 Å². The fourth-order valence-corrected chi connectivity index (χ4v) is 7.56. The number of phenols is 3. The van der Waals surface area contributed by atoms with Crippen LogP contribution in [0, 0.1) is 17.3 Å². The predicted molar refractivity (Wildman–Crippen MR) is 154 cm³/mol. The molecular formula is C34H38O7. The van der Waals surface area contributed by atoms with E-state index in [4.69, 9.17) is 9.47 Å². The van der Waals surface area contributed by atoms with Crippen molar-refractivity contribution in [3.05, 3.63) is 82.9 Å². The third-order valence-electron chi connectivity index (χ3n) is 9.53. The van der Waals surface area contributed by atoms with Crippen LogP contribution in [0.15, 0.2) is 60.7 Å². The number of benzene rings is 3. The lowest BCUT2D eigenvalue weighted by molar-refractivity contribution is -0.154. The molecule has 2 saturated carbocycles. The molecule has 3 aromatic rings. The van der Waals surface area contributed by atoms with Crippen LogP contribution in [-0.2, 0) is 16.0 Å². The quantitative estimate of drug-likeness (QED) is 0.247. The molecule has 0 amide bonds. The number of aromatic hydroxyl groups is 3. The summed E-state index contributed by atoms with van der Waals surface area (Å²) in [6, 6.07) is 16.5. The lowest BCUT2D eigenvalue weighted by atomic mass is 9.55.